The van der Waals surface area contributed by atoms with Crippen LogP contribution in [0.25, 0.3) is 0 Å². The molecule has 3 aromatic rings. The lowest BCUT2D eigenvalue weighted by Crippen LogP contribution is -2.18. The van der Waals surface area contributed by atoms with Gasteiger partial charge in [-0.3, -0.25) is 4.98 Å². The van der Waals surface area contributed by atoms with Crippen molar-refractivity contribution in [3.63, 3.8) is 0 Å². The van der Waals surface area contributed by atoms with E-state index in [2.05, 4.69) is 65.3 Å². The van der Waals surface area contributed by atoms with Crippen LogP contribution in [0.3, 0.4) is 0 Å². The number of pyridine rings is 1. The number of aromatic nitrogens is 1. The van der Waals surface area contributed by atoms with Crippen molar-refractivity contribution in [2.75, 3.05) is 18.6 Å². The summed E-state index contributed by atoms with van der Waals surface area (Å²) in [6.07, 6.45) is 8.82. The number of nitrogens with zero attached hydrogens (tertiary/aromatic N) is 2. The smallest absolute Gasteiger partial charge is 0.338 e. The zero-order valence-corrected chi connectivity index (χ0v) is 18.4. The molecule has 0 spiro atoms. The number of esters is 1. The van der Waals surface area contributed by atoms with E-state index in [9.17, 15) is 4.79 Å². The van der Waals surface area contributed by atoms with Crippen molar-refractivity contribution in [2.45, 2.75) is 44.9 Å². The third kappa shape index (κ3) is 4.63. The first kappa shape index (κ1) is 21.1. The number of fused-ring (bicyclic) bond motifs is 1. The number of benzene rings is 2. The van der Waals surface area contributed by atoms with Crippen LogP contribution in [-0.2, 0) is 17.6 Å². The maximum atomic E-state index is 12.1. The molecule has 0 fully saturated rings. The largest absolute Gasteiger partial charge is 0.465 e. The number of carbonyl (C=O) groups excluding carboxylic acids is 1. The summed E-state index contributed by atoms with van der Waals surface area (Å²) in [6, 6.07) is 19.3. The Labute approximate surface area is 184 Å². The maximum absolute atomic E-state index is 12.1. The molecule has 0 amide bonds. The third-order valence-electron chi connectivity index (χ3n) is 6.33. The van der Waals surface area contributed by atoms with Crippen molar-refractivity contribution in [1.82, 2.24) is 4.98 Å². The van der Waals surface area contributed by atoms with E-state index in [0.29, 0.717) is 11.5 Å². The normalized spacial score (nSPS) is 15.2. The summed E-state index contributed by atoms with van der Waals surface area (Å²) in [7, 11) is 1.43. The van der Waals surface area contributed by atoms with Crippen LogP contribution in [0.4, 0.5) is 11.4 Å². The molecule has 160 valence electrons. The second-order valence-corrected chi connectivity index (χ2v) is 8.12. The summed E-state index contributed by atoms with van der Waals surface area (Å²) in [5.41, 5.74) is 7.01. The van der Waals surface area contributed by atoms with E-state index in [1.807, 2.05) is 0 Å². The fourth-order valence-corrected chi connectivity index (χ4v) is 4.76. The SMILES string of the molecule is CCN(c1ccccc1)c1ccc2c(c1)CCC[C@H]2CCc1cnccc1C(=O)OC. The van der Waals surface area contributed by atoms with Gasteiger partial charge in [0.1, 0.15) is 0 Å². The maximum Gasteiger partial charge on any atom is 0.338 e. The molecule has 1 atom stereocenters. The van der Waals surface area contributed by atoms with E-state index in [0.717, 1.165) is 31.4 Å². The van der Waals surface area contributed by atoms with E-state index in [1.165, 1.54) is 42.5 Å². The third-order valence-corrected chi connectivity index (χ3v) is 6.33. The minimum atomic E-state index is -0.286. The molecule has 1 heterocycles. The van der Waals surface area contributed by atoms with Gasteiger partial charge in [-0.05, 0) is 92.0 Å². The monoisotopic (exact) mass is 414 g/mol. The Morgan fingerprint density at radius 2 is 1.97 bits per heavy atom. The van der Waals surface area contributed by atoms with E-state index < -0.39 is 0 Å². The molecule has 1 aliphatic carbocycles. The van der Waals surface area contributed by atoms with Gasteiger partial charge < -0.3 is 9.64 Å². The average Bonchev–Trinajstić information content (AvgIpc) is 2.83. The quantitative estimate of drug-likeness (QED) is 0.440. The number of methoxy groups -OCH3 is 1. The summed E-state index contributed by atoms with van der Waals surface area (Å²) in [6.45, 7) is 3.13. The molecule has 1 aromatic heterocycles. The summed E-state index contributed by atoms with van der Waals surface area (Å²) in [5, 5.41) is 0. The molecule has 0 N–H and O–H groups in total. The molecule has 0 bridgehead atoms. The van der Waals surface area contributed by atoms with Gasteiger partial charge in [0.15, 0.2) is 0 Å². The molecule has 0 saturated carbocycles. The fraction of sp³-hybridized carbons (Fsp3) is 0.333. The van der Waals surface area contributed by atoms with Gasteiger partial charge in [-0.1, -0.05) is 24.3 Å². The Bertz CT molecular complexity index is 1030. The van der Waals surface area contributed by atoms with Crippen molar-refractivity contribution in [3.05, 3.63) is 89.2 Å². The van der Waals surface area contributed by atoms with Crippen molar-refractivity contribution < 1.29 is 9.53 Å². The molecule has 4 rings (SSSR count). The van der Waals surface area contributed by atoms with Gasteiger partial charge in [0.2, 0.25) is 0 Å². The van der Waals surface area contributed by atoms with Gasteiger partial charge in [0.05, 0.1) is 12.7 Å². The Morgan fingerprint density at radius 3 is 2.74 bits per heavy atom. The van der Waals surface area contributed by atoms with Crippen molar-refractivity contribution in [1.29, 1.82) is 0 Å². The van der Waals surface area contributed by atoms with Gasteiger partial charge in [0, 0.05) is 30.3 Å². The molecule has 2 aromatic carbocycles. The Balaban J connectivity index is 1.54. The summed E-state index contributed by atoms with van der Waals surface area (Å²) < 4.78 is 4.94. The fourth-order valence-electron chi connectivity index (χ4n) is 4.76. The van der Waals surface area contributed by atoms with Crippen LogP contribution in [0, 0.1) is 0 Å². The van der Waals surface area contributed by atoms with E-state index >= 15 is 0 Å². The number of anilines is 2. The summed E-state index contributed by atoms with van der Waals surface area (Å²) in [4.78, 5) is 18.7. The standard InChI is InChI=1S/C27H30N2O2/c1-3-29(23-10-5-4-6-11-23)24-14-15-25-20(8-7-9-21(25)18-24)12-13-22-19-28-17-16-26(22)27(30)31-2/h4-6,10-11,14-20H,3,7-9,12-13H2,1-2H3/t20-/m0/s1. The van der Waals surface area contributed by atoms with Crippen molar-refractivity contribution in [3.8, 4) is 0 Å². The Hall–Kier alpha value is -3.14. The first-order chi connectivity index (χ1) is 15.2. The second kappa shape index (κ2) is 9.78. The first-order valence-electron chi connectivity index (χ1n) is 11.2. The van der Waals surface area contributed by atoms with Crippen molar-refractivity contribution >= 4 is 17.3 Å². The van der Waals surface area contributed by atoms with Gasteiger partial charge in [-0.25, -0.2) is 4.79 Å². The molecular formula is C27H30N2O2. The van der Waals surface area contributed by atoms with E-state index in [4.69, 9.17) is 4.74 Å². The Morgan fingerprint density at radius 1 is 1.13 bits per heavy atom. The number of carbonyl (C=O) groups is 1. The highest BCUT2D eigenvalue weighted by molar-refractivity contribution is 5.90. The van der Waals surface area contributed by atoms with Crippen LogP contribution in [-0.4, -0.2) is 24.6 Å². The molecule has 0 aliphatic heterocycles. The molecule has 31 heavy (non-hydrogen) atoms. The molecule has 0 saturated heterocycles. The highest BCUT2D eigenvalue weighted by Crippen LogP contribution is 2.38. The second-order valence-electron chi connectivity index (χ2n) is 8.12. The van der Waals surface area contributed by atoms with Crippen LogP contribution in [0.2, 0.25) is 0 Å². The lowest BCUT2D eigenvalue weighted by atomic mass is 9.79. The summed E-state index contributed by atoms with van der Waals surface area (Å²) >= 11 is 0. The highest BCUT2D eigenvalue weighted by atomic mass is 16.5. The predicted octanol–water partition coefficient (Wildman–Crippen LogP) is 6.08. The van der Waals surface area contributed by atoms with Crippen LogP contribution in [0.15, 0.2) is 67.0 Å². The van der Waals surface area contributed by atoms with Crippen LogP contribution in [0.5, 0.6) is 0 Å². The number of hydrogen-bond donors (Lipinski definition) is 0. The number of hydrogen-bond acceptors (Lipinski definition) is 4. The van der Waals surface area contributed by atoms with Crippen molar-refractivity contribution in [2.24, 2.45) is 0 Å². The molecule has 4 heteroatoms. The Kier molecular flexibility index (Phi) is 6.66. The van der Waals surface area contributed by atoms with Gasteiger partial charge in [-0.15, -0.1) is 0 Å². The van der Waals surface area contributed by atoms with E-state index in [-0.39, 0.29) is 5.97 Å². The van der Waals surface area contributed by atoms with Crippen LogP contribution in [0.1, 0.15) is 59.2 Å². The molecule has 0 unspecified atom stereocenters. The lowest BCUT2D eigenvalue weighted by molar-refractivity contribution is 0.0599. The van der Waals surface area contributed by atoms with E-state index in [1.54, 1.807) is 18.5 Å². The minimum absolute atomic E-state index is 0.286. The number of para-hydroxylation sites is 1. The molecule has 1 aliphatic rings. The van der Waals surface area contributed by atoms with Gasteiger partial charge in [0.25, 0.3) is 0 Å². The average molecular weight is 415 g/mol. The zero-order chi connectivity index (χ0) is 21.6. The zero-order valence-electron chi connectivity index (χ0n) is 18.4. The summed E-state index contributed by atoms with van der Waals surface area (Å²) in [5.74, 6) is 0.224. The minimum Gasteiger partial charge on any atom is -0.465 e. The van der Waals surface area contributed by atoms with Crippen LogP contribution < -0.4 is 4.90 Å². The van der Waals surface area contributed by atoms with Gasteiger partial charge in [-0.2, -0.15) is 0 Å². The first-order valence-corrected chi connectivity index (χ1v) is 11.2. The van der Waals surface area contributed by atoms with Gasteiger partial charge >= 0.3 is 5.97 Å². The topological polar surface area (TPSA) is 42.4 Å². The number of rotatable bonds is 7. The van der Waals surface area contributed by atoms with Crippen LogP contribution >= 0.6 is 0 Å². The number of ether oxygens (including phenoxy) is 1. The molecule has 0 radical (unpaired) electrons. The highest BCUT2D eigenvalue weighted by Gasteiger charge is 2.22. The molecular weight excluding hydrogens is 384 g/mol. The number of aryl methyl sites for hydroxylation is 2. The molecule has 4 nitrogen and oxygen atoms in total. The predicted molar refractivity (Wildman–Crippen MR) is 125 cm³/mol. The lowest BCUT2D eigenvalue weighted by Gasteiger charge is -2.29.